The van der Waals surface area contributed by atoms with Crippen LogP contribution in [0.5, 0.6) is 11.5 Å². The fourth-order valence-electron chi connectivity index (χ4n) is 3.16. The molecule has 0 atom stereocenters. The third-order valence-electron chi connectivity index (χ3n) is 4.49. The van der Waals surface area contributed by atoms with Crippen LogP contribution < -0.4 is 19.7 Å². The van der Waals surface area contributed by atoms with Gasteiger partial charge in [0.15, 0.2) is 16.6 Å². The molecule has 144 valence electrons. The van der Waals surface area contributed by atoms with E-state index in [0.717, 1.165) is 16.5 Å². The maximum absolute atomic E-state index is 12.9. The molecule has 28 heavy (non-hydrogen) atoms. The normalized spacial score (nSPS) is 10.4. The summed E-state index contributed by atoms with van der Waals surface area (Å²) in [4.78, 5) is 14.8. The molecule has 0 aliphatic heterocycles. The van der Waals surface area contributed by atoms with Gasteiger partial charge in [-0.05, 0) is 42.7 Å². The highest BCUT2D eigenvalue weighted by Gasteiger charge is 2.20. The Morgan fingerprint density at radius 2 is 1.71 bits per heavy atom. The van der Waals surface area contributed by atoms with Gasteiger partial charge in [-0.25, -0.2) is 0 Å². The summed E-state index contributed by atoms with van der Waals surface area (Å²) in [7, 11) is 3.03. The van der Waals surface area contributed by atoms with E-state index in [-0.39, 0.29) is 5.91 Å². The highest BCUT2D eigenvalue weighted by atomic mass is 32.1. The van der Waals surface area contributed by atoms with E-state index in [1.807, 2.05) is 42.2 Å². The van der Waals surface area contributed by atoms with Crippen molar-refractivity contribution in [3.63, 3.8) is 0 Å². The Hall–Kier alpha value is -3.12. The second kappa shape index (κ2) is 8.71. The third-order valence-corrected chi connectivity index (χ3v) is 4.81. The summed E-state index contributed by atoms with van der Waals surface area (Å²) in [6, 6.07) is 19.3. The highest BCUT2D eigenvalue weighted by molar-refractivity contribution is 7.80. The van der Waals surface area contributed by atoms with E-state index < -0.39 is 0 Å². The van der Waals surface area contributed by atoms with Crippen LogP contribution in [0.1, 0.15) is 17.3 Å². The fourth-order valence-corrected chi connectivity index (χ4v) is 3.49. The predicted molar refractivity (Wildman–Crippen MR) is 117 cm³/mol. The molecule has 0 spiro atoms. The molecule has 0 aliphatic rings. The van der Waals surface area contributed by atoms with Gasteiger partial charge in [-0.1, -0.05) is 42.5 Å². The number of benzene rings is 3. The van der Waals surface area contributed by atoms with Gasteiger partial charge in [0, 0.05) is 11.9 Å². The average Bonchev–Trinajstić information content (AvgIpc) is 2.73. The summed E-state index contributed by atoms with van der Waals surface area (Å²) in [5, 5.41) is 5.33. The number of fused-ring (bicyclic) bond motifs is 1. The summed E-state index contributed by atoms with van der Waals surface area (Å²) < 4.78 is 10.6. The zero-order valence-electron chi connectivity index (χ0n) is 16.1. The van der Waals surface area contributed by atoms with Crippen molar-refractivity contribution in [2.45, 2.75) is 6.92 Å². The monoisotopic (exact) mass is 394 g/mol. The third kappa shape index (κ3) is 3.77. The van der Waals surface area contributed by atoms with Gasteiger partial charge in [0.05, 0.1) is 25.5 Å². The van der Waals surface area contributed by atoms with Gasteiger partial charge in [0.25, 0.3) is 5.91 Å². The molecule has 0 aliphatic carbocycles. The van der Waals surface area contributed by atoms with Crippen LogP contribution in [-0.4, -0.2) is 31.8 Å². The summed E-state index contributed by atoms with van der Waals surface area (Å²) in [6.07, 6.45) is 0. The summed E-state index contributed by atoms with van der Waals surface area (Å²) in [6.45, 7) is 2.61. The SMILES string of the molecule is CCN(C(=S)NC(=O)c1cccc(OC)c1OC)c1cccc2ccccc12. The van der Waals surface area contributed by atoms with E-state index in [1.54, 1.807) is 18.2 Å². The molecular weight excluding hydrogens is 372 g/mol. The minimum Gasteiger partial charge on any atom is -0.493 e. The number of hydrogen-bond donors (Lipinski definition) is 1. The van der Waals surface area contributed by atoms with Crippen molar-refractivity contribution >= 4 is 39.7 Å². The Balaban J connectivity index is 1.90. The number of amides is 1. The van der Waals surface area contributed by atoms with E-state index in [2.05, 4.69) is 17.4 Å². The van der Waals surface area contributed by atoms with E-state index in [4.69, 9.17) is 21.7 Å². The molecule has 1 N–H and O–H groups in total. The van der Waals surface area contributed by atoms with Crippen LogP contribution in [0.2, 0.25) is 0 Å². The van der Waals surface area contributed by atoms with Crippen LogP contribution in [0.15, 0.2) is 60.7 Å². The van der Waals surface area contributed by atoms with Gasteiger partial charge in [-0.3, -0.25) is 10.1 Å². The topological polar surface area (TPSA) is 50.8 Å². The molecule has 5 nitrogen and oxygen atoms in total. The molecular formula is C22H22N2O3S. The maximum Gasteiger partial charge on any atom is 0.261 e. The van der Waals surface area contributed by atoms with E-state index in [9.17, 15) is 4.79 Å². The molecule has 6 heteroatoms. The quantitative estimate of drug-likeness (QED) is 0.650. The molecule has 0 radical (unpaired) electrons. The van der Waals surface area contributed by atoms with Crippen molar-refractivity contribution in [2.24, 2.45) is 0 Å². The number of carbonyl (C=O) groups is 1. The summed E-state index contributed by atoms with van der Waals surface area (Å²) in [5.41, 5.74) is 1.31. The second-order valence-corrected chi connectivity index (χ2v) is 6.43. The Kier molecular flexibility index (Phi) is 6.11. The molecule has 3 aromatic carbocycles. The van der Waals surface area contributed by atoms with E-state index >= 15 is 0 Å². The van der Waals surface area contributed by atoms with Crippen LogP contribution in [0.25, 0.3) is 10.8 Å². The molecule has 3 rings (SSSR count). The number of hydrogen-bond acceptors (Lipinski definition) is 4. The van der Waals surface area contributed by atoms with Crippen molar-refractivity contribution in [1.29, 1.82) is 0 Å². The maximum atomic E-state index is 12.9. The van der Waals surface area contributed by atoms with Gasteiger partial charge in [0.2, 0.25) is 0 Å². The zero-order chi connectivity index (χ0) is 20.1. The number of methoxy groups -OCH3 is 2. The number of ether oxygens (including phenoxy) is 2. The first-order valence-corrected chi connectivity index (χ1v) is 9.33. The average molecular weight is 394 g/mol. The molecule has 0 fully saturated rings. The molecule has 0 aromatic heterocycles. The van der Waals surface area contributed by atoms with Gasteiger partial charge in [-0.2, -0.15) is 0 Å². The van der Waals surface area contributed by atoms with Gasteiger partial charge < -0.3 is 14.4 Å². The molecule has 0 heterocycles. The second-order valence-electron chi connectivity index (χ2n) is 6.04. The molecule has 0 bridgehead atoms. The first-order chi connectivity index (χ1) is 13.6. The number of thiocarbonyl (C=S) groups is 1. The van der Waals surface area contributed by atoms with Crippen molar-refractivity contribution in [2.75, 3.05) is 25.7 Å². The first kappa shape index (κ1) is 19.6. The molecule has 0 saturated heterocycles. The van der Waals surface area contributed by atoms with Crippen LogP contribution >= 0.6 is 12.2 Å². The standard InChI is InChI=1S/C22H22N2O3S/c1-4-24(18-13-7-10-15-9-5-6-11-16(15)18)22(28)23-21(25)17-12-8-14-19(26-2)20(17)27-3/h5-14H,4H2,1-3H3,(H,23,25,28). The number of rotatable bonds is 5. The Morgan fingerprint density at radius 3 is 2.43 bits per heavy atom. The van der Waals surface area contributed by atoms with Gasteiger partial charge in [-0.15, -0.1) is 0 Å². The zero-order valence-corrected chi connectivity index (χ0v) is 16.9. The number of anilines is 1. The number of nitrogens with one attached hydrogen (secondary N) is 1. The van der Waals surface area contributed by atoms with Gasteiger partial charge in [0.1, 0.15) is 0 Å². The molecule has 0 unspecified atom stereocenters. The van der Waals surface area contributed by atoms with Crippen LogP contribution in [-0.2, 0) is 0 Å². The smallest absolute Gasteiger partial charge is 0.261 e. The van der Waals surface area contributed by atoms with Crippen molar-refractivity contribution in [3.8, 4) is 11.5 Å². The lowest BCUT2D eigenvalue weighted by Gasteiger charge is -2.25. The minimum atomic E-state index is -0.348. The van der Waals surface area contributed by atoms with Gasteiger partial charge >= 0.3 is 0 Å². The Morgan fingerprint density at radius 1 is 1.00 bits per heavy atom. The van der Waals surface area contributed by atoms with Crippen molar-refractivity contribution in [1.82, 2.24) is 5.32 Å². The molecule has 0 saturated carbocycles. The number of carbonyl (C=O) groups excluding carboxylic acids is 1. The number of para-hydroxylation sites is 1. The summed E-state index contributed by atoms with van der Waals surface area (Å²) >= 11 is 5.56. The lowest BCUT2D eigenvalue weighted by molar-refractivity contribution is 0.0973. The minimum absolute atomic E-state index is 0.328. The predicted octanol–water partition coefficient (Wildman–Crippen LogP) is 4.40. The van der Waals surface area contributed by atoms with E-state index in [0.29, 0.717) is 28.7 Å². The highest BCUT2D eigenvalue weighted by Crippen LogP contribution is 2.31. The number of nitrogens with zero attached hydrogens (tertiary/aromatic N) is 1. The van der Waals surface area contributed by atoms with Crippen molar-refractivity contribution < 1.29 is 14.3 Å². The van der Waals surface area contributed by atoms with Crippen LogP contribution in [0.3, 0.4) is 0 Å². The molecule has 1 amide bonds. The van der Waals surface area contributed by atoms with Crippen LogP contribution in [0.4, 0.5) is 5.69 Å². The first-order valence-electron chi connectivity index (χ1n) is 8.92. The molecule has 3 aromatic rings. The lowest BCUT2D eigenvalue weighted by Crippen LogP contribution is -2.43. The largest absolute Gasteiger partial charge is 0.493 e. The van der Waals surface area contributed by atoms with Crippen molar-refractivity contribution in [3.05, 3.63) is 66.2 Å². The van der Waals surface area contributed by atoms with E-state index in [1.165, 1.54) is 14.2 Å². The Bertz CT molecular complexity index is 1010. The lowest BCUT2D eigenvalue weighted by atomic mass is 10.1. The summed E-state index contributed by atoms with van der Waals surface area (Å²) in [5.74, 6) is 0.514. The van der Waals surface area contributed by atoms with Crippen LogP contribution in [0, 0.1) is 0 Å². The Labute approximate surface area is 169 Å². The fraction of sp³-hybridized carbons (Fsp3) is 0.182.